The second-order valence-corrected chi connectivity index (χ2v) is 10.2. The second-order valence-electron chi connectivity index (χ2n) is 10.2. The average Bonchev–Trinajstić information content (AvgIpc) is 2.99. The van der Waals surface area contributed by atoms with Crippen molar-refractivity contribution in [2.24, 2.45) is 0 Å². The first-order valence-electron chi connectivity index (χ1n) is 14.1. The highest BCUT2D eigenvalue weighted by Crippen LogP contribution is 2.32. The van der Waals surface area contributed by atoms with E-state index in [1.807, 2.05) is 37.3 Å². The molecule has 1 fully saturated rings. The smallest absolute Gasteiger partial charge is 0.416 e. The van der Waals surface area contributed by atoms with Gasteiger partial charge >= 0.3 is 12.1 Å². The number of piperidine rings is 1. The number of hydrogen-bond donors (Lipinski definition) is 2. The van der Waals surface area contributed by atoms with E-state index in [0.29, 0.717) is 35.6 Å². The van der Waals surface area contributed by atoms with Crippen molar-refractivity contribution in [1.29, 1.82) is 0 Å². The summed E-state index contributed by atoms with van der Waals surface area (Å²) in [4.78, 5) is 13.0. The number of aliphatic carboxylic acids is 1. The molecule has 4 rings (SSSR count). The minimum absolute atomic E-state index is 0.144. The van der Waals surface area contributed by atoms with Gasteiger partial charge in [-0.2, -0.15) is 13.2 Å². The van der Waals surface area contributed by atoms with Crippen molar-refractivity contribution in [3.05, 3.63) is 101 Å². The van der Waals surface area contributed by atoms with E-state index < -0.39 is 24.3 Å². The summed E-state index contributed by atoms with van der Waals surface area (Å²) >= 11 is 0. The Morgan fingerprint density at radius 2 is 1.65 bits per heavy atom. The number of nitrogens with zero attached hydrogens (tertiary/aromatic N) is 1. The third kappa shape index (κ3) is 9.37. The summed E-state index contributed by atoms with van der Waals surface area (Å²) < 4.78 is 50.9. The van der Waals surface area contributed by atoms with Crippen LogP contribution in [0.3, 0.4) is 0 Å². The van der Waals surface area contributed by atoms with Crippen LogP contribution in [-0.2, 0) is 17.4 Å². The number of rotatable bonds is 10. The van der Waals surface area contributed by atoms with Gasteiger partial charge in [-0.15, -0.1) is 0 Å². The molecule has 2 N–H and O–H groups in total. The minimum atomic E-state index is -4.43. The van der Waals surface area contributed by atoms with E-state index in [-0.39, 0.29) is 12.7 Å². The molecular formula is C34H34F3NO5. The number of aliphatic hydroxyl groups is 1. The molecule has 0 aromatic heterocycles. The normalized spacial score (nSPS) is 14.6. The maximum absolute atomic E-state index is 13.2. The first-order chi connectivity index (χ1) is 20.6. The molecule has 1 aliphatic rings. The molecule has 0 unspecified atom stereocenters. The van der Waals surface area contributed by atoms with E-state index >= 15 is 0 Å². The monoisotopic (exact) mass is 593 g/mol. The van der Waals surface area contributed by atoms with Crippen molar-refractivity contribution in [1.82, 2.24) is 4.90 Å². The van der Waals surface area contributed by atoms with E-state index in [2.05, 4.69) is 16.7 Å². The maximum Gasteiger partial charge on any atom is 0.416 e. The Balaban J connectivity index is 1.52. The van der Waals surface area contributed by atoms with Gasteiger partial charge in [-0.3, -0.25) is 4.90 Å². The second kappa shape index (κ2) is 14.8. The van der Waals surface area contributed by atoms with Gasteiger partial charge in [0, 0.05) is 18.7 Å². The largest absolute Gasteiger partial charge is 0.489 e. The molecule has 226 valence electrons. The Morgan fingerprint density at radius 1 is 1.00 bits per heavy atom. The van der Waals surface area contributed by atoms with Crippen LogP contribution in [-0.4, -0.2) is 60.0 Å². The average molecular weight is 594 g/mol. The molecule has 0 aliphatic carbocycles. The topological polar surface area (TPSA) is 79.2 Å². The van der Waals surface area contributed by atoms with Gasteiger partial charge in [0.25, 0.3) is 0 Å². The molecule has 1 saturated heterocycles. The maximum atomic E-state index is 13.2. The first-order valence-corrected chi connectivity index (χ1v) is 14.1. The molecule has 1 heterocycles. The highest BCUT2D eigenvalue weighted by Gasteiger charge is 2.30. The molecule has 3 aromatic carbocycles. The summed E-state index contributed by atoms with van der Waals surface area (Å²) in [7, 11) is 0. The Morgan fingerprint density at radius 3 is 2.26 bits per heavy atom. The Labute approximate surface area is 249 Å². The number of carboxylic acids is 1. The summed E-state index contributed by atoms with van der Waals surface area (Å²) in [5, 5.41) is 18.5. The fourth-order valence-corrected chi connectivity index (χ4v) is 4.73. The predicted molar refractivity (Wildman–Crippen MR) is 158 cm³/mol. The van der Waals surface area contributed by atoms with Crippen LogP contribution in [0.4, 0.5) is 13.2 Å². The van der Waals surface area contributed by atoms with Gasteiger partial charge in [0.05, 0.1) is 18.2 Å². The van der Waals surface area contributed by atoms with Crippen molar-refractivity contribution in [2.75, 3.05) is 32.8 Å². The number of carbonyl (C=O) groups is 1. The third-order valence-corrected chi connectivity index (χ3v) is 7.11. The minimum Gasteiger partial charge on any atom is -0.489 e. The standard InChI is InChI=1S/C34H34F3NO5/c1-2-25-22-30(43-23-33(40)41)13-14-32(25)42-21-17-31(27-9-11-28(12-10-27)34(35,36)37)26-7-5-24(6-8-26)4-3-18-38-19-15-29(39)16-20-38/h5-14,17,22,29,39H,2,15-16,18-21,23H2,1H3,(H,40,41)/b31-17+. The Kier molecular flexibility index (Phi) is 10.9. The fraction of sp³-hybridized carbons (Fsp3) is 0.324. The van der Waals surface area contributed by atoms with Crippen molar-refractivity contribution in [3.8, 4) is 23.3 Å². The van der Waals surface area contributed by atoms with Crippen LogP contribution in [0.1, 0.15) is 47.6 Å². The van der Waals surface area contributed by atoms with Crippen LogP contribution in [0.2, 0.25) is 0 Å². The van der Waals surface area contributed by atoms with E-state index in [1.54, 1.807) is 18.2 Å². The van der Waals surface area contributed by atoms with Crippen molar-refractivity contribution < 1.29 is 37.7 Å². The Hall–Kier alpha value is -4.26. The number of hydrogen-bond acceptors (Lipinski definition) is 5. The zero-order valence-corrected chi connectivity index (χ0v) is 23.9. The van der Waals surface area contributed by atoms with Crippen molar-refractivity contribution >= 4 is 11.5 Å². The van der Waals surface area contributed by atoms with Gasteiger partial charge in [-0.25, -0.2) is 4.79 Å². The van der Waals surface area contributed by atoms with Gasteiger partial charge in [0.15, 0.2) is 6.61 Å². The van der Waals surface area contributed by atoms with Gasteiger partial charge < -0.3 is 19.7 Å². The van der Waals surface area contributed by atoms with Gasteiger partial charge in [0.1, 0.15) is 18.1 Å². The van der Waals surface area contributed by atoms with E-state index in [9.17, 15) is 23.1 Å². The molecule has 0 radical (unpaired) electrons. The number of alkyl halides is 3. The molecule has 0 amide bonds. The van der Waals surface area contributed by atoms with E-state index in [0.717, 1.165) is 54.8 Å². The van der Waals surface area contributed by atoms with Crippen LogP contribution in [0.25, 0.3) is 5.57 Å². The summed E-state index contributed by atoms with van der Waals surface area (Å²) in [6, 6.07) is 17.6. The van der Waals surface area contributed by atoms with Gasteiger partial charge in [0.2, 0.25) is 0 Å². The van der Waals surface area contributed by atoms with E-state index in [1.165, 1.54) is 12.1 Å². The van der Waals surface area contributed by atoms with Crippen molar-refractivity contribution in [2.45, 2.75) is 38.5 Å². The number of benzene rings is 3. The molecule has 1 aliphatic heterocycles. The van der Waals surface area contributed by atoms with Gasteiger partial charge in [-0.1, -0.05) is 43.0 Å². The molecule has 0 saturated carbocycles. The quantitative estimate of drug-likeness (QED) is 0.279. The number of ether oxygens (including phenoxy) is 2. The molecule has 3 aromatic rings. The number of aliphatic hydroxyl groups excluding tert-OH is 1. The first kappa shape index (κ1) is 31.7. The Bertz CT molecular complexity index is 1460. The van der Waals surface area contributed by atoms with Crippen LogP contribution in [0, 0.1) is 11.8 Å². The molecule has 9 heteroatoms. The summed E-state index contributed by atoms with van der Waals surface area (Å²) in [6.07, 6.45) is -0.707. The van der Waals surface area contributed by atoms with Crippen LogP contribution < -0.4 is 9.47 Å². The fourth-order valence-electron chi connectivity index (χ4n) is 4.73. The zero-order valence-electron chi connectivity index (χ0n) is 23.9. The van der Waals surface area contributed by atoms with Crippen molar-refractivity contribution in [3.63, 3.8) is 0 Å². The highest BCUT2D eigenvalue weighted by molar-refractivity contribution is 5.80. The molecule has 0 atom stereocenters. The molecule has 0 bridgehead atoms. The number of likely N-dealkylation sites (tertiary alicyclic amines) is 1. The molecule has 6 nitrogen and oxygen atoms in total. The lowest BCUT2D eigenvalue weighted by Crippen LogP contribution is -2.35. The van der Waals surface area contributed by atoms with Crippen LogP contribution in [0.5, 0.6) is 11.5 Å². The summed E-state index contributed by atoms with van der Waals surface area (Å²) in [5.74, 6) is 6.30. The molecule has 0 spiro atoms. The lowest BCUT2D eigenvalue weighted by atomic mass is 9.96. The third-order valence-electron chi connectivity index (χ3n) is 7.11. The number of carboxylic acid groups (broad SMARTS) is 1. The SMILES string of the molecule is CCc1cc(OCC(=O)O)ccc1OC/C=C(\c1ccc(C#CCN2CCC(O)CC2)cc1)c1ccc(C(F)(F)F)cc1. The van der Waals surface area contributed by atoms with Crippen LogP contribution in [0.15, 0.2) is 72.8 Å². The summed E-state index contributed by atoms with van der Waals surface area (Å²) in [5.41, 5.74) is 3.04. The highest BCUT2D eigenvalue weighted by atomic mass is 19.4. The molecule has 43 heavy (non-hydrogen) atoms. The lowest BCUT2D eigenvalue weighted by molar-refractivity contribution is -0.139. The lowest BCUT2D eigenvalue weighted by Gasteiger charge is -2.27. The molecular weight excluding hydrogens is 559 g/mol. The summed E-state index contributed by atoms with van der Waals surface area (Å²) in [6.45, 7) is 3.89. The predicted octanol–water partition coefficient (Wildman–Crippen LogP) is 6.05. The van der Waals surface area contributed by atoms with Crippen LogP contribution >= 0.6 is 0 Å². The van der Waals surface area contributed by atoms with E-state index in [4.69, 9.17) is 14.6 Å². The van der Waals surface area contributed by atoms with Gasteiger partial charge in [-0.05, 0) is 90.1 Å². The number of aryl methyl sites for hydroxylation is 1. The number of halogens is 3. The zero-order chi connectivity index (χ0) is 30.8.